The summed E-state index contributed by atoms with van der Waals surface area (Å²) in [6, 6.07) is 7.23. The van der Waals surface area contributed by atoms with Gasteiger partial charge in [0.05, 0.1) is 5.41 Å². The number of nitrogens with one attached hydrogen (secondary N) is 1. The highest BCUT2D eigenvalue weighted by atomic mass is 16.5. The highest BCUT2D eigenvalue weighted by Crippen LogP contribution is 2.35. The van der Waals surface area contributed by atoms with Crippen molar-refractivity contribution in [2.45, 2.75) is 57.9 Å². The Bertz CT molecular complexity index is 591. The summed E-state index contributed by atoms with van der Waals surface area (Å²) in [4.78, 5) is 12.1. The monoisotopic (exact) mass is 330 g/mol. The molecule has 4 heteroatoms. The Hall–Kier alpha value is -1.39. The second-order valence-corrected chi connectivity index (χ2v) is 7.70. The summed E-state index contributed by atoms with van der Waals surface area (Å²) in [5.41, 5.74) is 9.54. The SMILES string of the molecule is CC(C)c1ccc2c(c1)[C@@H](NCC1(C(N)=O)CCOCC1)CCC2. The van der Waals surface area contributed by atoms with Gasteiger partial charge >= 0.3 is 0 Å². The number of carbonyl (C=O) groups is 1. The van der Waals surface area contributed by atoms with Crippen molar-refractivity contribution in [3.05, 3.63) is 34.9 Å². The van der Waals surface area contributed by atoms with E-state index >= 15 is 0 Å². The lowest BCUT2D eigenvalue weighted by Gasteiger charge is -2.37. The van der Waals surface area contributed by atoms with Gasteiger partial charge in [-0.15, -0.1) is 0 Å². The molecule has 3 N–H and O–H groups in total. The minimum absolute atomic E-state index is 0.190. The van der Waals surface area contributed by atoms with E-state index in [9.17, 15) is 4.79 Å². The molecule has 24 heavy (non-hydrogen) atoms. The number of benzene rings is 1. The minimum atomic E-state index is -0.453. The number of amides is 1. The van der Waals surface area contributed by atoms with Crippen LogP contribution in [0.25, 0.3) is 0 Å². The van der Waals surface area contributed by atoms with Crippen LogP contribution in [0.5, 0.6) is 0 Å². The summed E-state index contributed by atoms with van der Waals surface area (Å²) in [6.07, 6.45) is 4.92. The third-order valence-electron chi connectivity index (χ3n) is 5.81. The second kappa shape index (κ2) is 7.24. The maximum atomic E-state index is 12.1. The Balaban J connectivity index is 1.77. The first kappa shape index (κ1) is 17.4. The molecule has 1 amide bonds. The summed E-state index contributed by atoms with van der Waals surface area (Å²) in [5, 5.41) is 3.68. The van der Waals surface area contributed by atoms with E-state index in [0.717, 1.165) is 25.7 Å². The highest BCUT2D eigenvalue weighted by Gasteiger charge is 2.39. The predicted molar refractivity (Wildman–Crippen MR) is 95.9 cm³/mol. The zero-order valence-corrected chi connectivity index (χ0v) is 14.9. The first-order valence-electron chi connectivity index (χ1n) is 9.25. The maximum absolute atomic E-state index is 12.1. The summed E-state index contributed by atoms with van der Waals surface area (Å²) >= 11 is 0. The zero-order chi connectivity index (χ0) is 17.2. The van der Waals surface area contributed by atoms with E-state index in [1.165, 1.54) is 23.1 Å². The molecule has 132 valence electrons. The topological polar surface area (TPSA) is 64.3 Å². The fourth-order valence-electron chi connectivity index (χ4n) is 3.98. The van der Waals surface area contributed by atoms with Gasteiger partial charge in [-0.3, -0.25) is 4.79 Å². The number of aryl methyl sites for hydroxylation is 1. The Kier molecular flexibility index (Phi) is 5.26. The molecular weight excluding hydrogens is 300 g/mol. The highest BCUT2D eigenvalue weighted by molar-refractivity contribution is 5.81. The van der Waals surface area contributed by atoms with E-state index in [0.29, 0.717) is 31.7 Å². The van der Waals surface area contributed by atoms with Crippen molar-refractivity contribution in [1.29, 1.82) is 0 Å². The summed E-state index contributed by atoms with van der Waals surface area (Å²) in [5.74, 6) is 0.343. The molecule has 0 saturated carbocycles. The van der Waals surface area contributed by atoms with Crippen molar-refractivity contribution in [3.8, 4) is 0 Å². The minimum Gasteiger partial charge on any atom is -0.381 e. The van der Waals surface area contributed by atoms with Gasteiger partial charge < -0.3 is 15.8 Å². The second-order valence-electron chi connectivity index (χ2n) is 7.70. The molecule has 0 bridgehead atoms. The lowest BCUT2D eigenvalue weighted by molar-refractivity contribution is -0.133. The molecule has 3 rings (SSSR count). The molecule has 0 aromatic heterocycles. The van der Waals surface area contributed by atoms with Gasteiger partial charge in [-0.1, -0.05) is 32.0 Å². The number of fused-ring (bicyclic) bond motifs is 1. The Morgan fingerprint density at radius 3 is 2.79 bits per heavy atom. The molecule has 1 aromatic rings. The normalized spacial score (nSPS) is 23.0. The molecule has 0 unspecified atom stereocenters. The van der Waals surface area contributed by atoms with E-state index in [-0.39, 0.29) is 5.91 Å². The van der Waals surface area contributed by atoms with E-state index < -0.39 is 5.41 Å². The van der Waals surface area contributed by atoms with Crippen LogP contribution in [0, 0.1) is 5.41 Å². The van der Waals surface area contributed by atoms with Crippen LogP contribution in [0.1, 0.15) is 68.2 Å². The molecule has 1 aliphatic carbocycles. The number of carbonyl (C=O) groups excluding carboxylic acids is 1. The number of hydrogen-bond acceptors (Lipinski definition) is 3. The lowest BCUT2D eigenvalue weighted by atomic mass is 9.78. The van der Waals surface area contributed by atoms with Crippen LogP contribution in [0.15, 0.2) is 18.2 Å². The van der Waals surface area contributed by atoms with Crippen molar-refractivity contribution < 1.29 is 9.53 Å². The fraction of sp³-hybridized carbons (Fsp3) is 0.650. The van der Waals surface area contributed by atoms with Gasteiger partial charge in [-0.2, -0.15) is 0 Å². The van der Waals surface area contributed by atoms with Gasteiger partial charge in [0.1, 0.15) is 0 Å². The van der Waals surface area contributed by atoms with Crippen molar-refractivity contribution >= 4 is 5.91 Å². The average molecular weight is 330 g/mol. The molecule has 1 atom stereocenters. The molecule has 1 aliphatic heterocycles. The molecule has 1 fully saturated rings. The first-order valence-corrected chi connectivity index (χ1v) is 9.25. The van der Waals surface area contributed by atoms with Crippen molar-refractivity contribution in [1.82, 2.24) is 5.32 Å². The lowest BCUT2D eigenvalue weighted by Crippen LogP contribution is -2.49. The van der Waals surface area contributed by atoms with E-state index in [1.807, 2.05) is 0 Å². The van der Waals surface area contributed by atoms with Crippen LogP contribution in [0.4, 0.5) is 0 Å². The quantitative estimate of drug-likeness (QED) is 0.872. The number of hydrogen-bond donors (Lipinski definition) is 2. The van der Waals surface area contributed by atoms with Crippen LogP contribution in [0.3, 0.4) is 0 Å². The maximum Gasteiger partial charge on any atom is 0.225 e. The van der Waals surface area contributed by atoms with Crippen molar-refractivity contribution in [2.75, 3.05) is 19.8 Å². The Morgan fingerprint density at radius 2 is 2.12 bits per heavy atom. The first-order chi connectivity index (χ1) is 11.5. The third kappa shape index (κ3) is 3.50. The van der Waals surface area contributed by atoms with Gasteiger partial charge in [0.25, 0.3) is 0 Å². The fourth-order valence-corrected chi connectivity index (χ4v) is 3.98. The molecule has 2 aliphatic rings. The molecule has 0 spiro atoms. The molecule has 0 radical (unpaired) electrons. The Labute approximate surface area is 145 Å². The largest absolute Gasteiger partial charge is 0.381 e. The predicted octanol–water partition coefficient (Wildman–Crippen LogP) is 3.06. The molecule has 4 nitrogen and oxygen atoms in total. The van der Waals surface area contributed by atoms with Gasteiger partial charge in [-0.05, 0) is 54.7 Å². The number of primary amides is 1. The number of rotatable bonds is 5. The van der Waals surface area contributed by atoms with E-state index in [1.54, 1.807) is 0 Å². The van der Waals surface area contributed by atoms with Crippen molar-refractivity contribution in [2.24, 2.45) is 11.1 Å². The molecule has 1 saturated heterocycles. The van der Waals surface area contributed by atoms with E-state index in [2.05, 4.69) is 37.4 Å². The standard InChI is InChI=1S/C20H30N2O2/c1-14(2)16-7-6-15-4-3-5-18(17(15)12-16)22-13-20(19(21)23)8-10-24-11-9-20/h6-7,12,14,18,22H,3-5,8-11,13H2,1-2H3,(H2,21,23)/t18-/m0/s1. The van der Waals surface area contributed by atoms with E-state index in [4.69, 9.17) is 10.5 Å². The van der Waals surface area contributed by atoms with Crippen LogP contribution in [-0.4, -0.2) is 25.7 Å². The molecular formula is C20H30N2O2. The van der Waals surface area contributed by atoms with Gasteiger partial charge in [0.15, 0.2) is 0 Å². The molecule has 1 aromatic carbocycles. The summed E-state index contributed by atoms with van der Waals surface area (Å²) in [7, 11) is 0. The smallest absolute Gasteiger partial charge is 0.225 e. The van der Waals surface area contributed by atoms with Gasteiger partial charge in [0, 0.05) is 25.8 Å². The Morgan fingerprint density at radius 1 is 1.38 bits per heavy atom. The summed E-state index contributed by atoms with van der Waals surface area (Å²) < 4.78 is 5.43. The number of ether oxygens (including phenoxy) is 1. The van der Waals surface area contributed by atoms with Crippen LogP contribution in [-0.2, 0) is 16.0 Å². The average Bonchev–Trinajstić information content (AvgIpc) is 2.60. The van der Waals surface area contributed by atoms with Gasteiger partial charge in [0.2, 0.25) is 5.91 Å². The molecule has 1 heterocycles. The van der Waals surface area contributed by atoms with Crippen molar-refractivity contribution in [3.63, 3.8) is 0 Å². The number of nitrogens with two attached hydrogens (primary N) is 1. The van der Waals surface area contributed by atoms with Crippen LogP contribution in [0.2, 0.25) is 0 Å². The third-order valence-corrected chi connectivity index (χ3v) is 5.81. The summed E-state index contributed by atoms with van der Waals surface area (Å²) in [6.45, 7) is 6.38. The zero-order valence-electron chi connectivity index (χ0n) is 14.9. The van der Waals surface area contributed by atoms with Crippen LogP contribution >= 0.6 is 0 Å². The van der Waals surface area contributed by atoms with Crippen LogP contribution < -0.4 is 11.1 Å². The van der Waals surface area contributed by atoms with Gasteiger partial charge in [-0.25, -0.2) is 0 Å².